The van der Waals surface area contributed by atoms with Gasteiger partial charge in [-0.1, -0.05) is 0 Å². The molecule has 0 amide bonds. The van der Waals surface area contributed by atoms with Crippen LogP contribution in [0.4, 0.5) is 0 Å². The highest BCUT2D eigenvalue weighted by atomic mass is 16.5. The molecule has 0 bridgehead atoms. The quantitative estimate of drug-likeness (QED) is 0.698. The lowest BCUT2D eigenvalue weighted by Crippen LogP contribution is -2.53. The van der Waals surface area contributed by atoms with Crippen molar-refractivity contribution in [1.29, 1.82) is 0 Å². The number of ether oxygens (including phenoxy) is 1. The van der Waals surface area contributed by atoms with E-state index < -0.39 is 0 Å². The zero-order valence-electron chi connectivity index (χ0n) is 8.96. The van der Waals surface area contributed by atoms with Gasteiger partial charge >= 0.3 is 0 Å². The van der Waals surface area contributed by atoms with Crippen LogP contribution >= 0.6 is 0 Å². The van der Waals surface area contributed by atoms with Gasteiger partial charge < -0.3 is 15.2 Å². The van der Waals surface area contributed by atoms with Crippen molar-refractivity contribution in [3.8, 4) is 0 Å². The topological polar surface area (TPSA) is 41.5 Å². The van der Waals surface area contributed by atoms with E-state index in [4.69, 9.17) is 4.74 Å². The van der Waals surface area contributed by atoms with Crippen molar-refractivity contribution in [3.63, 3.8) is 0 Å². The lowest BCUT2D eigenvalue weighted by Gasteiger charge is -2.38. The van der Waals surface area contributed by atoms with Crippen LogP contribution in [0.2, 0.25) is 0 Å². The highest BCUT2D eigenvalue weighted by molar-refractivity contribution is 4.93. The van der Waals surface area contributed by atoms with Crippen LogP contribution in [0.3, 0.4) is 0 Å². The third-order valence-corrected chi connectivity index (χ3v) is 3.61. The summed E-state index contributed by atoms with van der Waals surface area (Å²) in [6, 6.07) is 0.318. The molecule has 1 heterocycles. The van der Waals surface area contributed by atoms with E-state index in [-0.39, 0.29) is 11.6 Å². The summed E-state index contributed by atoms with van der Waals surface area (Å²) < 4.78 is 5.35. The molecular weight excluding hydrogens is 178 g/mol. The Bertz CT molecular complexity index is 190. The molecule has 0 radical (unpaired) electrons. The molecule has 0 unspecified atom stereocenters. The molecule has 0 aromatic carbocycles. The molecule has 2 fully saturated rings. The van der Waals surface area contributed by atoms with Gasteiger partial charge in [-0.15, -0.1) is 0 Å². The number of aliphatic hydroxyl groups excluding tert-OH is 1. The van der Waals surface area contributed by atoms with Crippen LogP contribution in [0, 0.1) is 0 Å². The second kappa shape index (κ2) is 4.17. The minimum absolute atomic E-state index is 0.130. The van der Waals surface area contributed by atoms with Gasteiger partial charge in [0.2, 0.25) is 0 Å². The summed E-state index contributed by atoms with van der Waals surface area (Å²) in [7, 11) is 0. The monoisotopic (exact) mass is 199 g/mol. The largest absolute Gasteiger partial charge is 0.392 e. The van der Waals surface area contributed by atoms with Crippen molar-refractivity contribution in [1.82, 2.24) is 5.32 Å². The van der Waals surface area contributed by atoms with Crippen LogP contribution in [-0.4, -0.2) is 36.0 Å². The van der Waals surface area contributed by atoms with Crippen molar-refractivity contribution in [2.45, 2.75) is 56.7 Å². The van der Waals surface area contributed by atoms with Gasteiger partial charge in [-0.05, 0) is 39.0 Å². The molecule has 1 saturated carbocycles. The molecule has 14 heavy (non-hydrogen) atoms. The third-order valence-electron chi connectivity index (χ3n) is 3.61. The Hall–Kier alpha value is -0.120. The van der Waals surface area contributed by atoms with Crippen molar-refractivity contribution < 1.29 is 9.84 Å². The normalized spacial score (nSPS) is 37.3. The van der Waals surface area contributed by atoms with E-state index >= 15 is 0 Å². The molecule has 2 atom stereocenters. The van der Waals surface area contributed by atoms with Gasteiger partial charge in [0.25, 0.3) is 0 Å². The van der Waals surface area contributed by atoms with E-state index in [1.807, 2.05) is 0 Å². The molecular formula is C11H21NO2. The summed E-state index contributed by atoms with van der Waals surface area (Å²) in [5, 5.41) is 13.4. The second-order valence-corrected chi connectivity index (χ2v) is 4.92. The molecule has 2 rings (SSSR count). The second-order valence-electron chi connectivity index (χ2n) is 4.92. The van der Waals surface area contributed by atoms with E-state index in [0.29, 0.717) is 6.04 Å². The van der Waals surface area contributed by atoms with Crippen molar-refractivity contribution in [2.75, 3.05) is 13.2 Å². The fraction of sp³-hybridized carbons (Fsp3) is 1.00. The van der Waals surface area contributed by atoms with Crippen LogP contribution in [0.25, 0.3) is 0 Å². The van der Waals surface area contributed by atoms with Gasteiger partial charge in [0.15, 0.2) is 0 Å². The highest BCUT2D eigenvalue weighted by Crippen LogP contribution is 2.26. The summed E-state index contributed by atoms with van der Waals surface area (Å²) >= 11 is 0. The average molecular weight is 199 g/mol. The van der Waals surface area contributed by atoms with Crippen LogP contribution in [0.5, 0.6) is 0 Å². The van der Waals surface area contributed by atoms with E-state index in [9.17, 15) is 5.11 Å². The zero-order valence-corrected chi connectivity index (χ0v) is 8.96. The number of aliphatic hydroxyl groups is 1. The Labute approximate surface area is 85.8 Å². The Morgan fingerprint density at radius 1 is 1.29 bits per heavy atom. The van der Waals surface area contributed by atoms with Crippen LogP contribution < -0.4 is 5.32 Å². The smallest absolute Gasteiger partial charge is 0.0693 e. The Kier molecular flexibility index (Phi) is 3.10. The SMILES string of the molecule is CC1(N[C@H]2CCC[C@@H]2O)CCOCC1. The summed E-state index contributed by atoms with van der Waals surface area (Å²) in [6.45, 7) is 3.96. The Balaban J connectivity index is 1.88. The standard InChI is InChI=1S/C11H21NO2/c1-11(5-7-14-8-6-11)12-9-3-2-4-10(9)13/h9-10,12-13H,2-8H2,1H3/t9-,10-/m0/s1. The average Bonchev–Trinajstić information content (AvgIpc) is 2.52. The maximum Gasteiger partial charge on any atom is 0.0693 e. The van der Waals surface area contributed by atoms with Gasteiger partial charge in [-0.2, -0.15) is 0 Å². The first-order valence-electron chi connectivity index (χ1n) is 5.73. The first-order chi connectivity index (χ1) is 6.70. The Morgan fingerprint density at radius 3 is 2.57 bits per heavy atom. The molecule has 0 aromatic rings. The van der Waals surface area contributed by atoms with Gasteiger partial charge in [-0.25, -0.2) is 0 Å². The van der Waals surface area contributed by atoms with Crippen LogP contribution in [0.1, 0.15) is 39.0 Å². The summed E-state index contributed by atoms with van der Waals surface area (Å²) in [5.41, 5.74) is 0.189. The zero-order chi connectivity index (χ0) is 10.0. The molecule has 2 N–H and O–H groups in total. The van der Waals surface area contributed by atoms with Crippen molar-refractivity contribution in [2.24, 2.45) is 0 Å². The van der Waals surface area contributed by atoms with Crippen LogP contribution in [-0.2, 0) is 4.74 Å². The summed E-state index contributed by atoms with van der Waals surface area (Å²) in [5.74, 6) is 0. The number of nitrogens with one attached hydrogen (secondary N) is 1. The lowest BCUT2D eigenvalue weighted by atomic mass is 9.91. The third kappa shape index (κ3) is 2.27. The van der Waals surface area contributed by atoms with E-state index in [1.165, 1.54) is 0 Å². The molecule has 82 valence electrons. The van der Waals surface area contributed by atoms with E-state index in [2.05, 4.69) is 12.2 Å². The fourth-order valence-electron chi connectivity index (χ4n) is 2.52. The number of hydrogen-bond acceptors (Lipinski definition) is 3. The lowest BCUT2D eigenvalue weighted by molar-refractivity contribution is 0.0307. The van der Waals surface area contributed by atoms with E-state index in [0.717, 1.165) is 45.3 Å². The Morgan fingerprint density at radius 2 is 2.00 bits per heavy atom. The number of rotatable bonds is 2. The minimum atomic E-state index is -0.130. The molecule has 3 heteroatoms. The van der Waals surface area contributed by atoms with E-state index in [1.54, 1.807) is 0 Å². The van der Waals surface area contributed by atoms with Crippen LogP contribution in [0.15, 0.2) is 0 Å². The molecule has 2 aliphatic rings. The highest BCUT2D eigenvalue weighted by Gasteiger charge is 2.34. The van der Waals surface area contributed by atoms with Gasteiger partial charge in [0.05, 0.1) is 6.10 Å². The summed E-state index contributed by atoms with van der Waals surface area (Å²) in [6.07, 6.45) is 5.24. The molecule has 0 spiro atoms. The fourth-order valence-corrected chi connectivity index (χ4v) is 2.52. The maximum atomic E-state index is 9.74. The summed E-state index contributed by atoms with van der Waals surface area (Å²) in [4.78, 5) is 0. The van der Waals surface area contributed by atoms with Crippen molar-refractivity contribution >= 4 is 0 Å². The minimum Gasteiger partial charge on any atom is -0.392 e. The van der Waals surface area contributed by atoms with Gasteiger partial charge in [0.1, 0.15) is 0 Å². The van der Waals surface area contributed by atoms with Gasteiger partial charge in [-0.3, -0.25) is 0 Å². The molecule has 1 aliphatic carbocycles. The first kappa shape index (κ1) is 10.4. The molecule has 3 nitrogen and oxygen atoms in total. The van der Waals surface area contributed by atoms with Gasteiger partial charge in [0, 0.05) is 24.8 Å². The van der Waals surface area contributed by atoms with Crippen molar-refractivity contribution in [3.05, 3.63) is 0 Å². The number of hydrogen-bond donors (Lipinski definition) is 2. The molecule has 0 aromatic heterocycles. The predicted octanol–water partition coefficient (Wildman–Crippen LogP) is 1.06. The first-order valence-corrected chi connectivity index (χ1v) is 5.73. The predicted molar refractivity (Wildman–Crippen MR) is 55.2 cm³/mol. The maximum absolute atomic E-state index is 9.74. The molecule has 1 aliphatic heterocycles. The molecule has 1 saturated heterocycles.